The van der Waals surface area contributed by atoms with E-state index in [-0.39, 0.29) is 12.1 Å². The first-order valence-corrected chi connectivity index (χ1v) is 6.48. The lowest BCUT2D eigenvalue weighted by atomic mass is 10.2. The Balaban J connectivity index is 1.98. The first-order chi connectivity index (χ1) is 9.99. The van der Waals surface area contributed by atoms with E-state index in [0.29, 0.717) is 12.2 Å². The van der Waals surface area contributed by atoms with Gasteiger partial charge in [0.15, 0.2) is 0 Å². The van der Waals surface area contributed by atoms with Crippen LogP contribution in [0.5, 0.6) is 0 Å². The maximum Gasteiger partial charge on any atom is 0.321 e. The standard InChI is InChI=1S/C14H16F2N4O/c1-3-20-9-12(7-17-20)18-14(21)19(2)8-10-4-5-11(15)6-13(10)16/h4-7,9H,3,8H2,1-2H3,(H,18,21). The highest BCUT2D eigenvalue weighted by atomic mass is 19.1. The van der Waals surface area contributed by atoms with E-state index >= 15 is 0 Å². The number of rotatable bonds is 4. The number of carbonyl (C=O) groups excluding carboxylic acids is 1. The van der Waals surface area contributed by atoms with Crippen molar-refractivity contribution in [2.75, 3.05) is 12.4 Å². The van der Waals surface area contributed by atoms with Crippen LogP contribution < -0.4 is 5.32 Å². The minimum absolute atomic E-state index is 0.0415. The van der Waals surface area contributed by atoms with Gasteiger partial charge in [0.05, 0.1) is 11.9 Å². The first kappa shape index (κ1) is 15.0. The van der Waals surface area contributed by atoms with Gasteiger partial charge in [-0.2, -0.15) is 5.10 Å². The van der Waals surface area contributed by atoms with Gasteiger partial charge in [-0.3, -0.25) is 4.68 Å². The summed E-state index contributed by atoms with van der Waals surface area (Å²) in [6.45, 7) is 2.67. The van der Waals surface area contributed by atoms with Crippen molar-refractivity contribution >= 4 is 11.7 Å². The van der Waals surface area contributed by atoms with Gasteiger partial charge in [0.25, 0.3) is 0 Å². The third kappa shape index (κ3) is 3.77. The highest BCUT2D eigenvalue weighted by molar-refractivity contribution is 5.88. The maximum atomic E-state index is 13.5. The van der Waals surface area contributed by atoms with E-state index < -0.39 is 17.7 Å². The fourth-order valence-electron chi connectivity index (χ4n) is 1.80. The molecule has 2 aromatic rings. The fraction of sp³-hybridized carbons (Fsp3) is 0.286. The number of nitrogens with zero attached hydrogens (tertiary/aromatic N) is 3. The zero-order chi connectivity index (χ0) is 15.4. The number of hydrogen-bond donors (Lipinski definition) is 1. The van der Waals surface area contributed by atoms with Crippen LogP contribution in [0.3, 0.4) is 0 Å². The van der Waals surface area contributed by atoms with Crippen molar-refractivity contribution in [1.82, 2.24) is 14.7 Å². The summed E-state index contributed by atoms with van der Waals surface area (Å²) in [7, 11) is 1.53. The van der Waals surface area contributed by atoms with Crippen molar-refractivity contribution in [3.05, 3.63) is 47.8 Å². The minimum atomic E-state index is -0.673. The van der Waals surface area contributed by atoms with Gasteiger partial charge in [-0.1, -0.05) is 6.07 Å². The van der Waals surface area contributed by atoms with Crippen LogP contribution in [0, 0.1) is 11.6 Å². The van der Waals surface area contributed by atoms with Crippen LogP contribution in [0.2, 0.25) is 0 Å². The normalized spacial score (nSPS) is 10.5. The third-order valence-electron chi connectivity index (χ3n) is 2.98. The predicted octanol–water partition coefficient (Wildman–Crippen LogP) is 2.85. The molecule has 2 amide bonds. The van der Waals surface area contributed by atoms with Crippen LogP contribution in [0.25, 0.3) is 0 Å². The molecule has 0 unspecified atom stereocenters. The molecular formula is C14H16F2N4O. The summed E-state index contributed by atoms with van der Waals surface area (Å²) < 4.78 is 28.0. The molecular weight excluding hydrogens is 278 g/mol. The zero-order valence-corrected chi connectivity index (χ0v) is 11.8. The smallest absolute Gasteiger partial charge is 0.321 e. The van der Waals surface area contributed by atoms with E-state index in [2.05, 4.69) is 10.4 Å². The quantitative estimate of drug-likeness (QED) is 0.942. The molecule has 0 aliphatic rings. The van der Waals surface area contributed by atoms with Gasteiger partial charge in [0.2, 0.25) is 0 Å². The number of aromatic nitrogens is 2. The van der Waals surface area contributed by atoms with Gasteiger partial charge in [0.1, 0.15) is 11.6 Å². The van der Waals surface area contributed by atoms with Crippen LogP contribution in [-0.2, 0) is 13.1 Å². The molecule has 1 aromatic heterocycles. The number of carbonyl (C=O) groups is 1. The van der Waals surface area contributed by atoms with Crippen LogP contribution in [0.1, 0.15) is 12.5 Å². The molecule has 0 spiro atoms. The maximum absolute atomic E-state index is 13.5. The molecule has 0 atom stereocenters. The van der Waals surface area contributed by atoms with Crippen molar-refractivity contribution in [1.29, 1.82) is 0 Å². The molecule has 1 aromatic carbocycles. The van der Waals surface area contributed by atoms with E-state index in [0.717, 1.165) is 12.1 Å². The summed E-state index contributed by atoms with van der Waals surface area (Å²) in [5, 5.41) is 6.69. The average molecular weight is 294 g/mol. The highest BCUT2D eigenvalue weighted by Crippen LogP contribution is 2.13. The fourth-order valence-corrected chi connectivity index (χ4v) is 1.80. The number of urea groups is 1. The average Bonchev–Trinajstić information content (AvgIpc) is 2.89. The topological polar surface area (TPSA) is 50.2 Å². The van der Waals surface area contributed by atoms with Gasteiger partial charge in [-0.15, -0.1) is 0 Å². The monoisotopic (exact) mass is 294 g/mol. The molecule has 0 fully saturated rings. The summed E-state index contributed by atoms with van der Waals surface area (Å²) >= 11 is 0. The minimum Gasteiger partial charge on any atom is -0.323 e. The Labute approximate surface area is 121 Å². The molecule has 0 radical (unpaired) electrons. The Morgan fingerprint density at radius 3 is 2.81 bits per heavy atom. The number of hydrogen-bond acceptors (Lipinski definition) is 2. The second kappa shape index (κ2) is 6.34. The largest absolute Gasteiger partial charge is 0.323 e. The number of nitrogens with one attached hydrogen (secondary N) is 1. The number of amides is 2. The summed E-state index contributed by atoms with van der Waals surface area (Å²) in [6.07, 6.45) is 3.23. The van der Waals surface area contributed by atoms with Gasteiger partial charge in [0, 0.05) is 38.0 Å². The first-order valence-electron chi connectivity index (χ1n) is 6.48. The number of halogens is 2. The summed E-state index contributed by atoms with van der Waals surface area (Å²) in [4.78, 5) is 13.3. The van der Waals surface area contributed by atoms with Crippen molar-refractivity contribution in [2.24, 2.45) is 0 Å². The van der Waals surface area contributed by atoms with Gasteiger partial charge in [-0.25, -0.2) is 13.6 Å². The zero-order valence-electron chi connectivity index (χ0n) is 11.8. The van der Waals surface area contributed by atoms with E-state index in [1.165, 1.54) is 24.2 Å². The lowest BCUT2D eigenvalue weighted by molar-refractivity contribution is 0.220. The van der Waals surface area contributed by atoms with E-state index in [4.69, 9.17) is 0 Å². The Kier molecular flexibility index (Phi) is 4.52. The van der Waals surface area contributed by atoms with E-state index in [1.54, 1.807) is 10.9 Å². The van der Waals surface area contributed by atoms with Crippen LogP contribution >= 0.6 is 0 Å². The Morgan fingerprint density at radius 1 is 1.43 bits per heavy atom. The summed E-state index contributed by atoms with van der Waals surface area (Å²) in [5.74, 6) is -1.32. The lowest BCUT2D eigenvalue weighted by Gasteiger charge is -2.17. The predicted molar refractivity (Wildman–Crippen MR) is 74.7 cm³/mol. The molecule has 7 heteroatoms. The van der Waals surface area contributed by atoms with Gasteiger partial charge < -0.3 is 10.2 Å². The molecule has 112 valence electrons. The van der Waals surface area contributed by atoms with Crippen molar-refractivity contribution < 1.29 is 13.6 Å². The Hall–Kier alpha value is -2.44. The third-order valence-corrected chi connectivity index (χ3v) is 2.98. The SMILES string of the molecule is CCn1cc(NC(=O)N(C)Cc2ccc(F)cc2F)cn1. The summed E-state index contributed by atoms with van der Waals surface area (Å²) in [5.41, 5.74) is 0.812. The van der Waals surface area contributed by atoms with Crippen molar-refractivity contribution in [2.45, 2.75) is 20.0 Å². The van der Waals surface area contributed by atoms with Crippen LogP contribution in [0.15, 0.2) is 30.6 Å². The second-order valence-electron chi connectivity index (χ2n) is 4.61. The second-order valence-corrected chi connectivity index (χ2v) is 4.61. The van der Waals surface area contributed by atoms with Gasteiger partial charge >= 0.3 is 6.03 Å². The summed E-state index contributed by atoms with van der Waals surface area (Å²) in [6, 6.07) is 2.89. The van der Waals surface area contributed by atoms with E-state index in [1.807, 2.05) is 6.92 Å². The molecule has 0 saturated heterocycles. The highest BCUT2D eigenvalue weighted by Gasteiger charge is 2.13. The Morgan fingerprint density at radius 2 is 2.19 bits per heavy atom. The molecule has 1 N–H and O–H groups in total. The molecule has 0 aliphatic carbocycles. The number of anilines is 1. The van der Waals surface area contributed by atoms with Crippen LogP contribution in [0.4, 0.5) is 19.3 Å². The molecule has 21 heavy (non-hydrogen) atoms. The van der Waals surface area contributed by atoms with Crippen molar-refractivity contribution in [3.63, 3.8) is 0 Å². The van der Waals surface area contributed by atoms with Gasteiger partial charge in [-0.05, 0) is 13.0 Å². The number of benzene rings is 1. The molecule has 0 aliphatic heterocycles. The molecule has 0 saturated carbocycles. The molecule has 0 bridgehead atoms. The van der Waals surface area contributed by atoms with Crippen molar-refractivity contribution in [3.8, 4) is 0 Å². The van der Waals surface area contributed by atoms with E-state index in [9.17, 15) is 13.6 Å². The molecule has 2 rings (SSSR count). The molecule has 1 heterocycles. The van der Waals surface area contributed by atoms with Crippen LogP contribution in [-0.4, -0.2) is 27.8 Å². The number of aryl methyl sites for hydroxylation is 1. The molecule has 5 nitrogen and oxygen atoms in total. The Bertz CT molecular complexity index is 642. The lowest BCUT2D eigenvalue weighted by Crippen LogP contribution is -2.31.